The summed E-state index contributed by atoms with van der Waals surface area (Å²) < 4.78 is 1.21. The van der Waals surface area contributed by atoms with Crippen LogP contribution in [0.4, 0.5) is 0 Å². The van der Waals surface area contributed by atoms with Gasteiger partial charge in [-0.3, -0.25) is 4.79 Å². The Morgan fingerprint density at radius 3 is 3.10 bits per heavy atom. The first-order valence-corrected chi connectivity index (χ1v) is 7.82. The Balaban J connectivity index is 1.56. The SMILES string of the molecule is CC1(C(=O)NCCc2nc3ccccc3s2)CCNC1. The zero-order valence-electron chi connectivity index (χ0n) is 11.6. The van der Waals surface area contributed by atoms with Gasteiger partial charge in [0.05, 0.1) is 20.6 Å². The van der Waals surface area contributed by atoms with Crippen LogP contribution in [0.5, 0.6) is 0 Å². The summed E-state index contributed by atoms with van der Waals surface area (Å²) >= 11 is 1.71. The Labute approximate surface area is 122 Å². The highest BCUT2D eigenvalue weighted by Gasteiger charge is 2.35. The van der Waals surface area contributed by atoms with Crippen molar-refractivity contribution in [2.45, 2.75) is 19.8 Å². The van der Waals surface area contributed by atoms with Gasteiger partial charge >= 0.3 is 0 Å². The van der Waals surface area contributed by atoms with Crippen LogP contribution in [0.25, 0.3) is 10.2 Å². The van der Waals surface area contributed by atoms with Crippen LogP contribution in [-0.2, 0) is 11.2 Å². The number of nitrogens with one attached hydrogen (secondary N) is 2. The fraction of sp³-hybridized carbons (Fsp3) is 0.467. The lowest BCUT2D eigenvalue weighted by Crippen LogP contribution is -2.41. The summed E-state index contributed by atoms with van der Waals surface area (Å²) in [6, 6.07) is 8.14. The summed E-state index contributed by atoms with van der Waals surface area (Å²) in [4.78, 5) is 16.7. The Kier molecular flexibility index (Phi) is 3.72. The molecule has 1 atom stereocenters. The predicted octanol–water partition coefficient (Wildman–Crippen LogP) is 1.95. The van der Waals surface area contributed by atoms with E-state index >= 15 is 0 Å². The summed E-state index contributed by atoms with van der Waals surface area (Å²) in [5, 5.41) is 7.38. The molecule has 20 heavy (non-hydrogen) atoms. The smallest absolute Gasteiger partial charge is 0.227 e. The minimum Gasteiger partial charge on any atom is -0.355 e. The van der Waals surface area contributed by atoms with Crippen molar-refractivity contribution in [3.05, 3.63) is 29.3 Å². The molecule has 0 radical (unpaired) electrons. The molecule has 2 N–H and O–H groups in total. The van der Waals surface area contributed by atoms with E-state index in [1.165, 1.54) is 4.70 Å². The fourth-order valence-electron chi connectivity index (χ4n) is 2.53. The van der Waals surface area contributed by atoms with Crippen molar-refractivity contribution in [3.63, 3.8) is 0 Å². The molecular weight excluding hydrogens is 270 g/mol. The number of para-hydroxylation sites is 1. The number of benzene rings is 1. The van der Waals surface area contributed by atoms with Crippen LogP contribution < -0.4 is 10.6 Å². The molecule has 1 aliphatic rings. The van der Waals surface area contributed by atoms with E-state index in [-0.39, 0.29) is 11.3 Å². The number of hydrogen-bond acceptors (Lipinski definition) is 4. The molecule has 0 aliphatic carbocycles. The Bertz CT molecular complexity index is 583. The van der Waals surface area contributed by atoms with Gasteiger partial charge in [-0.05, 0) is 32.0 Å². The highest BCUT2D eigenvalue weighted by Crippen LogP contribution is 2.25. The number of amides is 1. The van der Waals surface area contributed by atoms with Crippen molar-refractivity contribution >= 4 is 27.5 Å². The van der Waals surface area contributed by atoms with Crippen LogP contribution >= 0.6 is 11.3 Å². The average molecular weight is 289 g/mol. The van der Waals surface area contributed by atoms with Gasteiger partial charge in [0.25, 0.3) is 0 Å². The van der Waals surface area contributed by atoms with Crippen molar-refractivity contribution < 1.29 is 4.79 Å². The maximum absolute atomic E-state index is 12.2. The summed E-state index contributed by atoms with van der Waals surface area (Å²) in [5.74, 6) is 0.156. The highest BCUT2D eigenvalue weighted by molar-refractivity contribution is 7.18. The normalized spacial score (nSPS) is 22.2. The topological polar surface area (TPSA) is 54.0 Å². The van der Waals surface area contributed by atoms with E-state index in [1.54, 1.807) is 11.3 Å². The third-order valence-electron chi connectivity index (χ3n) is 3.88. The number of aromatic nitrogens is 1. The van der Waals surface area contributed by atoms with Gasteiger partial charge in [-0.25, -0.2) is 4.98 Å². The van der Waals surface area contributed by atoms with Gasteiger partial charge in [-0.2, -0.15) is 0 Å². The summed E-state index contributed by atoms with van der Waals surface area (Å²) in [6.07, 6.45) is 1.72. The van der Waals surface area contributed by atoms with E-state index in [9.17, 15) is 4.79 Å². The van der Waals surface area contributed by atoms with Crippen LogP contribution in [0.15, 0.2) is 24.3 Å². The molecule has 0 saturated carbocycles. The molecule has 2 heterocycles. The Hall–Kier alpha value is -1.46. The van der Waals surface area contributed by atoms with Crippen molar-refractivity contribution in [1.82, 2.24) is 15.6 Å². The lowest BCUT2D eigenvalue weighted by Gasteiger charge is -2.21. The molecule has 1 fully saturated rings. The number of rotatable bonds is 4. The van der Waals surface area contributed by atoms with Crippen LogP contribution in [0, 0.1) is 5.41 Å². The van der Waals surface area contributed by atoms with E-state index < -0.39 is 0 Å². The molecule has 1 aliphatic heterocycles. The molecule has 1 aromatic carbocycles. The van der Waals surface area contributed by atoms with Gasteiger partial charge in [0.1, 0.15) is 0 Å². The van der Waals surface area contributed by atoms with Gasteiger partial charge in [0, 0.05) is 19.5 Å². The number of thiazole rings is 1. The maximum atomic E-state index is 12.2. The number of nitrogens with zero attached hydrogens (tertiary/aromatic N) is 1. The monoisotopic (exact) mass is 289 g/mol. The third kappa shape index (κ3) is 2.69. The van der Waals surface area contributed by atoms with Crippen LogP contribution in [-0.4, -0.2) is 30.5 Å². The number of carbonyl (C=O) groups excluding carboxylic acids is 1. The van der Waals surface area contributed by atoms with Crippen molar-refractivity contribution in [2.24, 2.45) is 5.41 Å². The molecule has 1 unspecified atom stereocenters. The molecule has 0 bridgehead atoms. The molecule has 1 aromatic heterocycles. The molecule has 106 valence electrons. The third-order valence-corrected chi connectivity index (χ3v) is 4.98. The zero-order valence-corrected chi connectivity index (χ0v) is 12.4. The molecule has 1 saturated heterocycles. The quantitative estimate of drug-likeness (QED) is 0.904. The van der Waals surface area contributed by atoms with Gasteiger partial charge in [-0.1, -0.05) is 12.1 Å². The van der Waals surface area contributed by atoms with Crippen LogP contribution in [0.1, 0.15) is 18.4 Å². The summed E-state index contributed by atoms with van der Waals surface area (Å²) in [5.41, 5.74) is 0.805. The van der Waals surface area contributed by atoms with Crippen LogP contribution in [0.3, 0.4) is 0 Å². The zero-order chi connectivity index (χ0) is 14.0. The molecule has 2 aromatic rings. The largest absolute Gasteiger partial charge is 0.355 e. The summed E-state index contributed by atoms with van der Waals surface area (Å²) in [6.45, 7) is 4.40. The van der Waals surface area contributed by atoms with Gasteiger partial charge in [-0.15, -0.1) is 11.3 Å². The van der Waals surface area contributed by atoms with E-state index in [2.05, 4.69) is 21.7 Å². The molecular formula is C15H19N3OS. The fourth-order valence-corrected chi connectivity index (χ4v) is 3.50. The minimum absolute atomic E-state index is 0.156. The molecule has 3 rings (SSSR count). The number of carbonyl (C=O) groups is 1. The van der Waals surface area contributed by atoms with Gasteiger partial charge < -0.3 is 10.6 Å². The first-order valence-electron chi connectivity index (χ1n) is 7.01. The average Bonchev–Trinajstić information content (AvgIpc) is 3.05. The highest BCUT2D eigenvalue weighted by atomic mass is 32.1. The second-order valence-corrected chi connectivity index (χ2v) is 6.68. The predicted molar refractivity (Wildman–Crippen MR) is 81.9 cm³/mol. The lowest BCUT2D eigenvalue weighted by molar-refractivity contribution is -0.129. The lowest BCUT2D eigenvalue weighted by atomic mass is 9.89. The summed E-state index contributed by atoms with van der Waals surface area (Å²) in [7, 11) is 0. The van der Waals surface area contributed by atoms with E-state index in [4.69, 9.17) is 0 Å². The number of hydrogen-bond donors (Lipinski definition) is 2. The van der Waals surface area contributed by atoms with E-state index in [1.807, 2.05) is 25.1 Å². The van der Waals surface area contributed by atoms with Crippen molar-refractivity contribution in [1.29, 1.82) is 0 Å². The Morgan fingerprint density at radius 1 is 1.50 bits per heavy atom. The van der Waals surface area contributed by atoms with Gasteiger partial charge in [0.2, 0.25) is 5.91 Å². The standard InChI is InChI=1S/C15H19N3OS/c1-15(7-9-16-10-15)14(19)17-8-6-13-18-11-4-2-3-5-12(11)20-13/h2-5,16H,6-10H2,1H3,(H,17,19). The maximum Gasteiger partial charge on any atom is 0.227 e. The van der Waals surface area contributed by atoms with Crippen molar-refractivity contribution in [3.8, 4) is 0 Å². The molecule has 4 nitrogen and oxygen atoms in total. The minimum atomic E-state index is -0.242. The first-order chi connectivity index (χ1) is 9.67. The van der Waals surface area contributed by atoms with Crippen molar-refractivity contribution in [2.75, 3.05) is 19.6 Å². The second-order valence-electron chi connectivity index (χ2n) is 5.57. The van der Waals surface area contributed by atoms with E-state index in [0.717, 1.165) is 36.5 Å². The molecule has 0 spiro atoms. The van der Waals surface area contributed by atoms with E-state index in [0.29, 0.717) is 6.54 Å². The second kappa shape index (κ2) is 5.50. The molecule has 1 amide bonds. The molecule has 5 heteroatoms. The van der Waals surface area contributed by atoms with Gasteiger partial charge in [0.15, 0.2) is 0 Å². The van der Waals surface area contributed by atoms with Crippen LogP contribution in [0.2, 0.25) is 0 Å². The number of fused-ring (bicyclic) bond motifs is 1. The Morgan fingerprint density at radius 2 is 2.35 bits per heavy atom. The first kappa shape index (κ1) is 13.5.